The molecular weight excluding hydrogens is 189 g/mol. The van der Waals surface area contributed by atoms with E-state index < -0.39 is 0 Å². The summed E-state index contributed by atoms with van der Waals surface area (Å²) in [6, 6.07) is 6.90. The Balaban J connectivity index is 2.15. The summed E-state index contributed by atoms with van der Waals surface area (Å²) in [5.74, 6) is -0.124. The van der Waals surface area contributed by atoms with Gasteiger partial charge in [0.25, 0.3) is 0 Å². The fraction of sp³-hybridized carbons (Fsp3) is 0.538. The Bertz CT molecular complexity index is 284. The van der Waals surface area contributed by atoms with Gasteiger partial charge in [-0.15, -0.1) is 0 Å². The van der Waals surface area contributed by atoms with Crippen LogP contribution in [-0.2, 0) is 6.42 Å². The molecule has 0 heterocycles. The highest BCUT2D eigenvalue weighted by Gasteiger charge is 1.96. The molecule has 15 heavy (non-hydrogen) atoms. The van der Waals surface area contributed by atoms with Gasteiger partial charge in [-0.25, -0.2) is 4.39 Å². The molecule has 0 saturated heterocycles. The van der Waals surface area contributed by atoms with E-state index in [0.717, 1.165) is 24.9 Å². The zero-order chi connectivity index (χ0) is 11.1. The van der Waals surface area contributed by atoms with E-state index >= 15 is 0 Å². The van der Waals surface area contributed by atoms with Crippen LogP contribution in [0.15, 0.2) is 24.3 Å². The zero-order valence-corrected chi connectivity index (χ0v) is 9.67. The van der Waals surface area contributed by atoms with Gasteiger partial charge in [-0.1, -0.05) is 18.6 Å². The van der Waals surface area contributed by atoms with Gasteiger partial charge in [-0.2, -0.15) is 0 Å². The van der Waals surface area contributed by atoms with Gasteiger partial charge in [0, 0.05) is 0 Å². The molecule has 0 unspecified atom stereocenters. The zero-order valence-electron chi connectivity index (χ0n) is 9.67. The first-order valence-corrected chi connectivity index (χ1v) is 5.57. The van der Waals surface area contributed by atoms with Crippen molar-refractivity contribution in [2.75, 3.05) is 20.6 Å². The van der Waals surface area contributed by atoms with Crippen LogP contribution in [0.3, 0.4) is 0 Å². The van der Waals surface area contributed by atoms with E-state index in [0.29, 0.717) is 0 Å². The van der Waals surface area contributed by atoms with Crippen molar-refractivity contribution in [3.05, 3.63) is 35.6 Å². The van der Waals surface area contributed by atoms with Crippen molar-refractivity contribution in [3.8, 4) is 0 Å². The lowest BCUT2D eigenvalue weighted by molar-refractivity contribution is 0.391. The molecule has 0 radical (unpaired) electrons. The van der Waals surface area contributed by atoms with Gasteiger partial charge in [-0.3, -0.25) is 0 Å². The molecule has 1 nitrogen and oxygen atoms in total. The summed E-state index contributed by atoms with van der Waals surface area (Å²) >= 11 is 0. The first-order chi connectivity index (χ1) is 7.18. The van der Waals surface area contributed by atoms with Crippen LogP contribution in [0.5, 0.6) is 0 Å². The standard InChI is InChI=1S/C13H20FN/c1-15(2)10-5-3-4-7-12-8-6-9-13(14)11-12/h6,8-9,11H,3-5,7,10H2,1-2H3. The molecule has 0 amide bonds. The number of rotatable bonds is 6. The average Bonchev–Trinajstić information content (AvgIpc) is 2.17. The van der Waals surface area contributed by atoms with E-state index in [4.69, 9.17) is 0 Å². The minimum Gasteiger partial charge on any atom is -0.309 e. The highest BCUT2D eigenvalue weighted by molar-refractivity contribution is 5.16. The van der Waals surface area contributed by atoms with Gasteiger partial charge in [0.2, 0.25) is 0 Å². The lowest BCUT2D eigenvalue weighted by Gasteiger charge is -2.08. The second-order valence-electron chi connectivity index (χ2n) is 4.24. The largest absolute Gasteiger partial charge is 0.309 e. The lowest BCUT2D eigenvalue weighted by Crippen LogP contribution is -2.12. The van der Waals surface area contributed by atoms with Crippen LogP contribution in [0.4, 0.5) is 4.39 Å². The fourth-order valence-corrected chi connectivity index (χ4v) is 1.63. The summed E-state index contributed by atoms with van der Waals surface area (Å²) in [5, 5.41) is 0. The molecule has 0 aliphatic rings. The van der Waals surface area contributed by atoms with E-state index in [1.165, 1.54) is 18.9 Å². The number of benzene rings is 1. The molecule has 0 spiro atoms. The fourth-order valence-electron chi connectivity index (χ4n) is 1.63. The number of aryl methyl sites for hydroxylation is 1. The molecule has 0 saturated carbocycles. The van der Waals surface area contributed by atoms with Gasteiger partial charge < -0.3 is 4.90 Å². The molecule has 1 aromatic rings. The van der Waals surface area contributed by atoms with Crippen LogP contribution in [0.2, 0.25) is 0 Å². The first kappa shape index (κ1) is 12.2. The van der Waals surface area contributed by atoms with Crippen LogP contribution in [0.1, 0.15) is 24.8 Å². The van der Waals surface area contributed by atoms with Gasteiger partial charge >= 0.3 is 0 Å². The van der Waals surface area contributed by atoms with Crippen molar-refractivity contribution < 1.29 is 4.39 Å². The number of unbranched alkanes of at least 4 members (excludes halogenated alkanes) is 2. The number of hydrogen-bond donors (Lipinski definition) is 0. The van der Waals surface area contributed by atoms with E-state index in [2.05, 4.69) is 19.0 Å². The van der Waals surface area contributed by atoms with Crippen molar-refractivity contribution in [2.24, 2.45) is 0 Å². The average molecular weight is 209 g/mol. The summed E-state index contributed by atoms with van der Waals surface area (Å²) in [5.41, 5.74) is 1.11. The van der Waals surface area contributed by atoms with Crippen molar-refractivity contribution in [2.45, 2.75) is 25.7 Å². The predicted molar refractivity (Wildman–Crippen MR) is 62.5 cm³/mol. The third kappa shape index (κ3) is 5.53. The highest BCUT2D eigenvalue weighted by Crippen LogP contribution is 2.08. The third-order valence-electron chi connectivity index (χ3n) is 2.46. The normalized spacial score (nSPS) is 10.9. The Morgan fingerprint density at radius 3 is 2.60 bits per heavy atom. The Morgan fingerprint density at radius 2 is 1.93 bits per heavy atom. The molecule has 2 heteroatoms. The minimum atomic E-state index is -0.124. The predicted octanol–water partition coefficient (Wildman–Crippen LogP) is 3.10. The van der Waals surface area contributed by atoms with Crippen molar-refractivity contribution >= 4 is 0 Å². The Kier molecular flexibility index (Phi) is 5.33. The smallest absolute Gasteiger partial charge is 0.123 e. The molecule has 0 aliphatic carbocycles. The van der Waals surface area contributed by atoms with Gasteiger partial charge in [-0.05, 0) is 57.6 Å². The van der Waals surface area contributed by atoms with Crippen molar-refractivity contribution in [1.82, 2.24) is 4.90 Å². The van der Waals surface area contributed by atoms with Crippen molar-refractivity contribution in [1.29, 1.82) is 0 Å². The number of halogens is 1. The van der Waals surface area contributed by atoms with Gasteiger partial charge in [0.05, 0.1) is 0 Å². The SMILES string of the molecule is CN(C)CCCCCc1cccc(F)c1. The Hall–Kier alpha value is -0.890. The van der Waals surface area contributed by atoms with E-state index in [1.807, 2.05) is 6.07 Å². The highest BCUT2D eigenvalue weighted by atomic mass is 19.1. The van der Waals surface area contributed by atoms with Crippen LogP contribution in [-0.4, -0.2) is 25.5 Å². The molecule has 1 rings (SSSR count). The van der Waals surface area contributed by atoms with Gasteiger partial charge in [0.15, 0.2) is 0 Å². The summed E-state index contributed by atoms with van der Waals surface area (Å²) in [6.07, 6.45) is 4.58. The summed E-state index contributed by atoms with van der Waals surface area (Å²) < 4.78 is 12.8. The first-order valence-electron chi connectivity index (χ1n) is 5.57. The van der Waals surface area contributed by atoms with Gasteiger partial charge in [0.1, 0.15) is 5.82 Å². The van der Waals surface area contributed by atoms with Crippen LogP contribution >= 0.6 is 0 Å². The lowest BCUT2D eigenvalue weighted by atomic mass is 10.1. The topological polar surface area (TPSA) is 3.24 Å². The maximum absolute atomic E-state index is 12.8. The molecule has 0 atom stereocenters. The molecule has 0 bridgehead atoms. The molecular formula is C13H20FN. The second kappa shape index (κ2) is 6.57. The summed E-state index contributed by atoms with van der Waals surface area (Å²) in [6.45, 7) is 1.14. The second-order valence-corrected chi connectivity index (χ2v) is 4.24. The third-order valence-corrected chi connectivity index (χ3v) is 2.46. The number of hydrogen-bond acceptors (Lipinski definition) is 1. The number of nitrogens with zero attached hydrogens (tertiary/aromatic N) is 1. The molecule has 84 valence electrons. The van der Waals surface area contributed by atoms with E-state index in [-0.39, 0.29) is 5.82 Å². The maximum atomic E-state index is 12.8. The Morgan fingerprint density at radius 1 is 1.13 bits per heavy atom. The van der Waals surface area contributed by atoms with Crippen LogP contribution < -0.4 is 0 Å². The minimum absolute atomic E-state index is 0.124. The van der Waals surface area contributed by atoms with E-state index in [1.54, 1.807) is 12.1 Å². The Labute approximate surface area is 91.9 Å². The van der Waals surface area contributed by atoms with Crippen LogP contribution in [0.25, 0.3) is 0 Å². The van der Waals surface area contributed by atoms with Crippen LogP contribution in [0, 0.1) is 5.82 Å². The summed E-state index contributed by atoms with van der Waals surface area (Å²) in [4.78, 5) is 2.20. The summed E-state index contributed by atoms with van der Waals surface area (Å²) in [7, 11) is 4.18. The van der Waals surface area contributed by atoms with Crippen molar-refractivity contribution in [3.63, 3.8) is 0 Å². The monoisotopic (exact) mass is 209 g/mol. The molecule has 1 aromatic carbocycles. The molecule has 0 aromatic heterocycles. The van der Waals surface area contributed by atoms with E-state index in [9.17, 15) is 4.39 Å². The molecule has 0 aliphatic heterocycles. The molecule has 0 N–H and O–H groups in total. The maximum Gasteiger partial charge on any atom is 0.123 e. The molecule has 0 fully saturated rings. The quantitative estimate of drug-likeness (QED) is 0.651.